The van der Waals surface area contributed by atoms with E-state index in [4.69, 9.17) is 11.6 Å². The number of halogens is 2. The topological polar surface area (TPSA) is 65.2 Å². The van der Waals surface area contributed by atoms with E-state index in [2.05, 4.69) is 20.9 Å². The third-order valence-corrected chi connectivity index (χ3v) is 8.66. The molecule has 2 heterocycles. The van der Waals surface area contributed by atoms with Gasteiger partial charge in [0.25, 0.3) is 5.56 Å². The van der Waals surface area contributed by atoms with Crippen LogP contribution in [0.3, 0.4) is 0 Å². The van der Waals surface area contributed by atoms with Crippen molar-refractivity contribution in [2.75, 3.05) is 23.4 Å². The van der Waals surface area contributed by atoms with Crippen molar-refractivity contribution in [3.8, 4) is 6.07 Å². The number of anilines is 2. The normalized spacial score (nSPS) is 19.9. The second-order valence-electron chi connectivity index (χ2n) is 10.7. The lowest BCUT2D eigenvalue weighted by molar-refractivity contribution is 0.290. The van der Waals surface area contributed by atoms with Crippen molar-refractivity contribution < 1.29 is 4.39 Å². The zero-order chi connectivity index (χ0) is 26.3. The van der Waals surface area contributed by atoms with E-state index < -0.39 is 0 Å². The maximum atomic E-state index is 13.9. The van der Waals surface area contributed by atoms with Gasteiger partial charge < -0.3 is 14.4 Å². The molecule has 3 aromatic rings. The second kappa shape index (κ2) is 10.3. The maximum absolute atomic E-state index is 13.9. The summed E-state index contributed by atoms with van der Waals surface area (Å²) in [5, 5.41) is 10.2. The van der Waals surface area contributed by atoms with Crippen molar-refractivity contribution in [3.05, 3.63) is 62.8 Å². The van der Waals surface area contributed by atoms with Crippen LogP contribution in [0.1, 0.15) is 56.1 Å². The SMILES string of the molecule is Cc1cc(F)ccc1N(CC1CCC1)[C@H]1CC[C@H](N(C)c2c(C#N)c(=O)n(C)c3ccc(Cl)nc23)CC1. The van der Waals surface area contributed by atoms with E-state index in [-0.39, 0.29) is 23.0 Å². The van der Waals surface area contributed by atoms with Crippen molar-refractivity contribution in [3.63, 3.8) is 0 Å². The Morgan fingerprint density at radius 1 is 1.14 bits per heavy atom. The van der Waals surface area contributed by atoms with Gasteiger partial charge in [-0.2, -0.15) is 5.26 Å². The van der Waals surface area contributed by atoms with Crippen LogP contribution in [0.4, 0.5) is 15.8 Å². The van der Waals surface area contributed by atoms with Crippen LogP contribution >= 0.6 is 11.6 Å². The van der Waals surface area contributed by atoms with Crippen LogP contribution in [-0.2, 0) is 7.05 Å². The summed E-state index contributed by atoms with van der Waals surface area (Å²) in [5.41, 5.74) is 3.68. The molecule has 0 saturated heterocycles. The van der Waals surface area contributed by atoms with Gasteiger partial charge in [-0.15, -0.1) is 0 Å². The molecular formula is C29H33ClFN5O. The average molecular weight is 522 g/mol. The van der Waals surface area contributed by atoms with Gasteiger partial charge in [-0.1, -0.05) is 18.0 Å². The van der Waals surface area contributed by atoms with Gasteiger partial charge in [0.1, 0.15) is 28.1 Å². The van der Waals surface area contributed by atoms with Crippen molar-refractivity contribution >= 4 is 34.0 Å². The van der Waals surface area contributed by atoms with Gasteiger partial charge in [0, 0.05) is 38.4 Å². The molecule has 2 aromatic heterocycles. The quantitative estimate of drug-likeness (QED) is 0.374. The van der Waals surface area contributed by atoms with Crippen LogP contribution in [-0.4, -0.2) is 35.2 Å². The first-order valence-electron chi connectivity index (χ1n) is 13.1. The number of nitrogens with zero attached hydrogens (tertiary/aromatic N) is 5. The Hall–Kier alpha value is -3.11. The van der Waals surface area contributed by atoms with E-state index in [1.807, 2.05) is 20.0 Å². The van der Waals surface area contributed by atoms with Crippen molar-refractivity contribution in [1.82, 2.24) is 9.55 Å². The molecule has 0 spiro atoms. The number of rotatable bonds is 6. The molecule has 0 unspecified atom stereocenters. The van der Waals surface area contributed by atoms with Crippen molar-refractivity contribution in [1.29, 1.82) is 5.26 Å². The van der Waals surface area contributed by atoms with Crippen LogP contribution in [0, 0.1) is 30.0 Å². The molecule has 194 valence electrons. The standard InChI is InChI=1S/C29H33ClFN5O/c1-18-15-20(31)7-12-24(18)36(17-19-5-4-6-19)22-10-8-21(9-11-22)34(2)28-23(16-32)29(37)35(3)25-13-14-26(30)33-27(25)28/h7,12-15,19,21-22H,4-6,8-11,17H2,1-3H3/t21-,22-. The Kier molecular flexibility index (Phi) is 7.13. The van der Waals surface area contributed by atoms with E-state index in [0.717, 1.165) is 43.5 Å². The van der Waals surface area contributed by atoms with Crippen LogP contribution in [0.15, 0.2) is 35.1 Å². The highest BCUT2D eigenvalue weighted by atomic mass is 35.5. The Labute approximate surface area is 222 Å². The van der Waals surface area contributed by atoms with Gasteiger partial charge in [0.15, 0.2) is 0 Å². The number of aromatic nitrogens is 2. The summed E-state index contributed by atoms with van der Waals surface area (Å²) in [6.07, 6.45) is 7.63. The summed E-state index contributed by atoms with van der Waals surface area (Å²) in [6, 6.07) is 11.2. The molecule has 0 radical (unpaired) electrons. The highest BCUT2D eigenvalue weighted by molar-refractivity contribution is 6.29. The molecule has 37 heavy (non-hydrogen) atoms. The summed E-state index contributed by atoms with van der Waals surface area (Å²) < 4.78 is 15.3. The number of hydrogen-bond acceptors (Lipinski definition) is 5. The molecule has 0 aliphatic heterocycles. The van der Waals surface area contributed by atoms with E-state index in [1.165, 1.54) is 23.8 Å². The number of pyridine rings is 2. The first-order valence-corrected chi connectivity index (χ1v) is 13.5. The van der Waals surface area contributed by atoms with Gasteiger partial charge in [0.2, 0.25) is 0 Å². The lowest BCUT2D eigenvalue weighted by Gasteiger charge is -2.44. The third kappa shape index (κ3) is 4.80. The van der Waals surface area contributed by atoms with Gasteiger partial charge >= 0.3 is 0 Å². The van der Waals surface area contributed by atoms with Gasteiger partial charge in [-0.25, -0.2) is 9.37 Å². The van der Waals surface area contributed by atoms with Gasteiger partial charge in [-0.3, -0.25) is 4.79 Å². The van der Waals surface area contributed by atoms with Crippen molar-refractivity contribution in [2.45, 2.75) is 64.0 Å². The van der Waals surface area contributed by atoms with Crippen molar-refractivity contribution in [2.24, 2.45) is 13.0 Å². The van der Waals surface area contributed by atoms with Crippen LogP contribution in [0.2, 0.25) is 5.15 Å². The zero-order valence-electron chi connectivity index (χ0n) is 21.7. The molecule has 0 atom stereocenters. The fraction of sp³-hybridized carbons (Fsp3) is 0.483. The minimum absolute atomic E-state index is 0.0999. The monoisotopic (exact) mass is 521 g/mol. The molecule has 0 amide bonds. The van der Waals surface area contributed by atoms with Crippen LogP contribution in [0.5, 0.6) is 0 Å². The van der Waals surface area contributed by atoms with Crippen LogP contribution < -0.4 is 15.4 Å². The predicted octanol–water partition coefficient (Wildman–Crippen LogP) is 5.96. The number of nitriles is 1. The minimum atomic E-state index is -0.326. The number of benzene rings is 1. The Morgan fingerprint density at radius 2 is 1.84 bits per heavy atom. The molecule has 2 aliphatic carbocycles. The fourth-order valence-corrected chi connectivity index (χ4v) is 6.24. The Balaban J connectivity index is 1.42. The molecule has 0 bridgehead atoms. The summed E-state index contributed by atoms with van der Waals surface area (Å²) in [7, 11) is 3.61. The average Bonchev–Trinajstić information content (AvgIpc) is 2.86. The van der Waals surface area contributed by atoms with E-state index in [0.29, 0.717) is 33.8 Å². The van der Waals surface area contributed by atoms with Crippen LogP contribution in [0.25, 0.3) is 11.0 Å². The Bertz CT molecular complexity index is 1420. The highest BCUT2D eigenvalue weighted by Gasteiger charge is 2.33. The van der Waals surface area contributed by atoms with Gasteiger partial charge in [-0.05, 0) is 87.3 Å². The first-order chi connectivity index (χ1) is 17.8. The van der Waals surface area contributed by atoms with Gasteiger partial charge in [0.05, 0.1) is 11.2 Å². The number of aryl methyl sites for hydroxylation is 2. The summed E-state index contributed by atoms with van der Waals surface area (Å²) in [5.74, 6) is 0.504. The summed E-state index contributed by atoms with van der Waals surface area (Å²) in [6.45, 7) is 3.01. The number of hydrogen-bond donors (Lipinski definition) is 0. The lowest BCUT2D eigenvalue weighted by atomic mass is 9.83. The highest BCUT2D eigenvalue weighted by Crippen LogP contribution is 2.37. The molecule has 2 aliphatic rings. The number of fused-ring (bicyclic) bond motifs is 1. The molecule has 8 heteroatoms. The fourth-order valence-electron chi connectivity index (χ4n) is 6.09. The minimum Gasteiger partial charge on any atom is -0.369 e. The van der Waals surface area contributed by atoms with E-state index >= 15 is 0 Å². The summed E-state index contributed by atoms with van der Waals surface area (Å²) >= 11 is 6.23. The Morgan fingerprint density at radius 3 is 2.46 bits per heavy atom. The molecule has 2 fully saturated rings. The van der Waals surface area contributed by atoms with E-state index in [9.17, 15) is 14.4 Å². The second-order valence-corrected chi connectivity index (χ2v) is 11.0. The predicted molar refractivity (Wildman–Crippen MR) is 147 cm³/mol. The molecular weight excluding hydrogens is 489 g/mol. The van der Waals surface area contributed by atoms with E-state index in [1.54, 1.807) is 31.3 Å². The first kappa shape index (κ1) is 25.5. The zero-order valence-corrected chi connectivity index (χ0v) is 22.4. The molecule has 1 aromatic carbocycles. The smallest absolute Gasteiger partial charge is 0.270 e. The lowest BCUT2D eigenvalue weighted by Crippen LogP contribution is -2.46. The largest absolute Gasteiger partial charge is 0.369 e. The third-order valence-electron chi connectivity index (χ3n) is 8.45. The molecule has 5 rings (SSSR count). The maximum Gasteiger partial charge on any atom is 0.270 e. The molecule has 2 saturated carbocycles. The summed E-state index contributed by atoms with van der Waals surface area (Å²) in [4.78, 5) is 22.1. The molecule has 6 nitrogen and oxygen atoms in total. The molecule has 0 N–H and O–H groups in total.